The molecule has 1 amide bonds. The molecule has 2 aromatic carbocycles. The quantitative estimate of drug-likeness (QED) is 0.713. The van der Waals surface area contributed by atoms with Gasteiger partial charge in [-0.05, 0) is 55.7 Å². The van der Waals surface area contributed by atoms with Crippen molar-refractivity contribution in [2.45, 2.75) is 33.1 Å². The third-order valence-electron chi connectivity index (χ3n) is 4.83. The summed E-state index contributed by atoms with van der Waals surface area (Å²) in [5.74, 6) is 1.16. The van der Waals surface area contributed by atoms with Gasteiger partial charge < -0.3 is 9.42 Å². The van der Waals surface area contributed by atoms with Gasteiger partial charge in [-0.25, -0.2) is 0 Å². The van der Waals surface area contributed by atoms with E-state index >= 15 is 0 Å². The average molecular weight is 347 g/mol. The Hall–Kier alpha value is -2.95. The number of carbonyl (C=O) groups is 1. The lowest BCUT2D eigenvalue weighted by atomic mass is 10.1. The van der Waals surface area contributed by atoms with Gasteiger partial charge in [-0.15, -0.1) is 0 Å². The smallest absolute Gasteiger partial charge is 0.258 e. The van der Waals surface area contributed by atoms with E-state index in [-0.39, 0.29) is 11.8 Å². The molecule has 0 spiro atoms. The third-order valence-corrected chi connectivity index (χ3v) is 4.83. The van der Waals surface area contributed by atoms with Crippen molar-refractivity contribution in [2.24, 2.45) is 0 Å². The molecule has 1 aromatic heterocycles. The van der Waals surface area contributed by atoms with Crippen molar-refractivity contribution in [1.29, 1.82) is 0 Å². The van der Waals surface area contributed by atoms with Gasteiger partial charge in [0.1, 0.15) is 0 Å². The molecule has 26 heavy (non-hydrogen) atoms. The first-order chi connectivity index (χ1) is 12.5. The van der Waals surface area contributed by atoms with E-state index < -0.39 is 0 Å². The average Bonchev–Trinajstić information content (AvgIpc) is 3.21. The Morgan fingerprint density at radius 2 is 1.81 bits per heavy atom. The third kappa shape index (κ3) is 3.01. The predicted octanol–water partition coefficient (Wildman–Crippen LogP) is 4.18. The van der Waals surface area contributed by atoms with Crippen LogP contribution in [0.15, 0.2) is 47.0 Å². The molecule has 1 saturated heterocycles. The number of rotatable bonds is 3. The molecule has 0 saturated carbocycles. The zero-order chi connectivity index (χ0) is 18.3. The highest BCUT2D eigenvalue weighted by Gasteiger charge is 2.34. The van der Waals surface area contributed by atoms with Gasteiger partial charge in [0.25, 0.3) is 5.89 Å². The van der Waals surface area contributed by atoms with Crippen LogP contribution in [0.2, 0.25) is 0 Å². The van der Waals surface area contributed by atoms with Gasteiger partial charge in [0.15, 0.2) is 5.82 Å². The van der Waals surface area contributed by atoms with Crippen LogP contribution in [0.4, 0.5) is 5.69 Å². The molecule has 0 radical (unpaired) electrons. The van der Waals surface area contributed by atoms with E-state index in [0.717, 1.165) is 27.9 Å². The normalized spacial score (nSPS) is 17.1. The number of nitrogens with zero attached hydrogens (tertiary/aromatic N) is 3. The van der Waals surface area contributed by atoms with E-state index in [1.165, 1.54) is 0 Å². The highest BCUT2D eigenvalue weighted by atomic mass is 16.5. The fourth-order valence-corrected chi connectivity index (χ4v) is 3.56. The van der Waals surface area contributed by atoms with Crippen LogP contribution in [-0.4, -0.2) is 22.6 Å². The number of carbonyl (C=O) groups excluding carboxylic acids is 1. The highest BCUT2D eigenvalue weighted by molar-refractivity contribution is 5.96. The largest absolute Gasteiger partial charge is 0.334 e. The van der Waals surface area contributed by atoms with Gasteiger partial charge in [-0.3, -0.25) is 4.79 Å². The molecule has 2 heterocycles. The van der Waals surface area contributed by atoms with Crippen LogP contribution in [0.25, 0.3) is 11.5 Å². The van der Waals surface area contributed by atoms with Crippen molar-refractivity contribution in [2.75, 3.05) is 11.4 Å². The van der Waals surface area contributed by atoms with Crippen LogP contribution in [0, 0.1) is 20.8 Å². The summed E-state index contributed by atoms with van der Waals surface area (Å²) in [5.41, 5.74) is 5.26. The second-order valence-corrected chi connectivity index (χ2v) is 7.02. The number of anilines is 1. The Balaban J connectivity index is 1.59. The van der Waals surface area contributed by atoms with E-state index in [9.17, 15) is 4.79 Å². The predicted molar refractivity (Wildman–Crippen MR) is 100 cm³/mol. The fourth-order valence-electron chi connectivity index (χ4n) is 3.56. The first-order valence-electron chi connectivity index (χ1n) is 8.79. The Labute approximate surface area is 152 Å². The lowest BCUT2D eigenvalue weighted by Crippen LogP contribution is -2.24. The lowest BCUT2D eigenvalue weighted by molar-refractivity contribution is -0.117. The summed E-state index contributed by atoms with van der Waals surface area (Å²) in [5, 5.41) is 4.15. The summed E-state index contributed by atoms with van der Waals surface area (Å²) >= 11 is 0. The van der Waals surface area contributed by atoms with Crippen molar-refractivity contribution in [3.05, 3.63) is 65.0 Å². The molecule has 4 rings (SSSR count). The van der Waals surface area contributed by atoms with Crippen molar-refractivity contribution in [3.63, 3.8) is 0 Å². The molecule has 132 valence electrons. The molecule has 1 unspecified atom stereocenters. The van der Waals surface area contributed by atoms with Crippen LogP contribution >= 0.6 is 0 Å². The van der Waals surface area contributed by atoms with E-state index in [1.54, 1.807) is 0 Å². The summed E-state index contributed by atoms with van der Waals surface area (Å²) in [4.78, 5) is 18.9. The fraction of sp³-hybridized carbons (Fsp3) is 0.286. The molecule has 0 N–H and O–H groups in total. The Morgan fingerprint density at radius 3 is 2.54 bits per heavy atom. The molecular formula is C21H21N3O2. The van der Waals surface area contributed by atoms with E-state index in [0.29, 0.717) is 24.7 Å². The monoisotopic (exact) mass is 347 g/mol. The summed E-state index contributed by atoms with van der Waals surface area (Å²) in [6.45, 7) is 6.68. The maximum atomic E-state index is 12.6. The van der Waals surface area contributed by atoms with Crippen molar-refractivity contribution in [3.8, 4) is 11.5 Å². The number of hydrogen-bond donors (Lipinski definition) is 0. The minimum Gasteiger partial charge on any atom is -0.334 e. The Bertz CT molecular complexity index is 957. The molecule has 1 fully saturated rings. The zero-order valence-electron chi connectivity index (χ0n) is 15.2. The van der Waals surface area contributed by atoms with Crippen LogP contribution in [0.3, 0.4) is 0 Å². The number of hydrogen-bond acceptors (Lipinski definition) is 4. The summed E-state index contributed by atoms with van der Waals surface area (Å²) < 4.78 is 5.47. The second kappa shape index (κ2) is 6.41. The molecule has 1 aliphatic heterocycles. The van der Waals surface area contributed by atoms with Gasteiger partial charge >= 0.3 is 0 Å². The molecule has 5 heteroatoms. The van der Waals surface area contributed by atoms with Crippen molar-refractivity contribution < 1.29 is 9.32 Å². The van der Waals surface area contributed by atoms with Crippen LogP contribution in [0.1, 0.15) is 34.9 Å². The van der Waals surface area contributed by atoms with Crippen LogP contribution in [0.5, 0.6) is 0 Å². The lowest BCUT2D eigenvalue weighted by Gasteiger charge is -2.17. The summed E-state index contributed by atoms with van der Waals surface area (Å²) in [6, 6.07) is 14.1. The topological polar surface area (TPSA) is 59.2 Å². The summed E-state index contributed by atoms with van der Waals surface area (Å²) in [7, 11) is 0. The number of benzene rings is 2. The van der Waals surface area contributed by atoms with Gasteiger partial charge in [0.05, 0.1) is 0 Å². The standard InChI is InChI=1S/C21H21N3O2/c1-13-8-14(2)10-17(9-13)24-12-16(11-19(24)25)20-22-21(26-23-20)18-7-5-4-6-15(18)3/h4-10,16H,11-12H2,1-3H3. The van der Waals surface area contributed by atoms with Crippen LogP contribution < -0.4 is 4.90 Å². The van der Waals surface area contributed by atoms with Gasteiger partial charge in [0.2, 0.25) is 5.91 Å². The SMILES string of the molecule is Cc1cc(C)cc(N2CC(c3noc(-c4ccccc4C)n3)CC2=O)c1. The highest BCUT2D eigenvalue weighted by Crippen LogP contribution is 2.32. The maximum Gasteiger partial charge on any atom is 0.258 e. The number of amides is 1. The molecule has 3 aromatic rings. The first-order valence-corrected chi connectivity index (χ1v) is 8.79. The second-order valence-electron chi connectivity index (χ2n) is 7.02. The molecule has 1 atom stereocenters. The number of aryl methyl sites for hydroxylation is 3. The summed E-state index contributed by atoms with van der Waals surface area (Å²) in [6.07, 6.45) is 0.403. The molecule has 0 aliphatic carbocycles. The number of aromatic nitrogens is 2. The van der Waals surface area contributed by atoms with Crippen molar-refractivity contribution in [1.82, 2.24) is 10.1 Å². The molecule has 1 aliphatic rings. The van der Waals surface area contributed by atoms with E-state index in [1.807, 2.05) is 62.1 Å². The molecular weight excluding hydrogens is 326 g/mol. The first kappa shape index (κ1) is 16.5. The molecule has 0 bridgehead atoms. The Kier molecular flexibility index (Phi) is 4.07. The van der Waals surface area contributed by atoms with E-state index in [4.69, 9.17) is 4.52 Å². The molecule has 5 nitrogen and oxygen atoms in total. The van der Waals surface area contributed by atoms with Crippen molar-refractivity contribution >= 4 is 11.6 Å². The van der Waals surface area contributed by atoms with Gasteiger partial charge in [-0.1, -0.05) is 29.4 Å². The minimum atomic E-state index is -0.0511. The maximum absolute atomic E-state index is 12.6. The van der Waals surface area contributed by atoms with Gasteiger partial charge in [-0.2, -0.15) is 4.98 Å². The minimum absolute atomic E-state index is 0.0511. The van der Waals surface area contributed by atoms with E-state index in [2.05, 4.69) is 16.2 Å². The van der Waals surface area contributed by atoms with Crippen LogP contribution in [-0.2, 0) is 4.79 Å². The Morgan fingerprint density at radius 1 is 1.08 bits per heavy atom. The zero-order valence-corrected chi connectivity index (χ0v) is 15.2. The van der Waals surface area contributed by atoms with Gasteiger partial charge in [0, 0.05) is 30.1 Å².